The molecule has 1 aliphatic rings. The van der Waals surface area contributed by atoms with Gasteiger partial charge in [0.25, 0.3) is 0 Å². The van der Waals surface area contributed by atoms with Crippen LogP contribution < -0.4 is 19.5 Å². The summed E-state index contributed by atoms with van der Waals surface area (Å²) in [5.74, 6) is 0.472. The van der Waals surface area contributed by atoms with Gasteiger partial charge in [-0.15, -0.1) is 0 Å². The number of aliphatic hydroxyl groups excluding tert-OH is 1. The maximum atomic E-state index is 12.7. The number of carboxylic acids is 1. The van der Waals surface area contributed by atoms with Crippen molar-refractivity contribution in [2.24, 2.45) is 5.41 Å². The van der Waals surface area contributed by atoms with E-state index in [0.717, 1.165) is 6.08 Å². The van der Waals surface area contributed by atoms with Crippen LogP contribution >= 0.6 is 0 Å². The summed E-state index contributed by atoms with van der Waals surface area (Å²) < 4.78 is 21.8. The lowest BCUT2D eigenvalue weighted by Crippen LogP contribution is -2.28. The third-order valence-corrected chi connectivity index (χ3v) is 4.70. The summed E-state index contributed by atoms with van der Waals surface area (Å²) >= 11 is 0. The van der Waals surface area contributed by atoms with Crippen LogP contribution in [0.4, 0.5) is 10.5 Å². The third-order valence-electron chi connectivity index (χ3n) is 4.70. The Kier molecular flexibility index (Phi) is 7.21. The molecule has 0 fully saturated rings. The molecule has 170 valence electrons. The van der Waals surface area contributed by atoms with Gasteiger partial charge in [0.05, 0.1) is 6.61 Å². The Balaban J connectivity index is 1.83. The summed E-state index contributed by atoms with van der Waals surface area (Å²) in [4.78, 5) is 23.8. The molecule has 2 aromatic carbocycles. The summed E-state index contributed by atoms with van der Waals surface area (Å²) in [5, 5.41) is 20.7. The van der Waals surface area contributed by atoms with Gasteiger partial charge in [-0.25, -0.2) is 9.59 Å². The summed E-state index contributed by atoms with van der Waals surface area (Å²) in [5.41, 5.74) is 0.179. The summed E-state index contributed by atoms with van der Waals surface area (Å²) in [6.45, 7) is 3.60. The topological polar surface area (TPSA) is 124 Å². The fourth-order valence-corrected chi connectivity index (χ4v) is 3.18. The number of rotatable bonds is 9. The molecule has 3 rings (SSSR count). The highest BCUT2D eigenvalue weighted by Crippen LogP contribution is 2.40. The molecule has 0 spiro atoms. The van der Waals surface area contributed by atoms with E-state index in [1.807, 2.05) is 0 Å². The van der Waals surface area contributed by atoms with Crippen molar-refractivity contribution in [1.82, 2.24) is 0 Å². The minimum absolute atomic E-state index is 0.113. The van der Waals surface area contributed by atoms with Crippen molar-refractivity contribution in [1.29, 1.82) is 0 Å². The van der Waals surface area contributed by atoms with E-state index in [4.69, 9.17) is 29.2 Å². The van der Waals surface area contributed by atoms with Gasteiger partial charge in [0.15, 0.2) is 11.5 Å². The van der Waals surface area contributed by atoms with Gasteiger partial charge in [-0.3, -0.25) is 5.32 Å². The number of aliphatic carboxylic acids is 1. The van der Waals surface area contributed by atoms with E-state index in [2.05, 4.69) is 5.32 Å². The molecule has 9 heteroatoms. The van der Waals surface area contributed by atoms with Gasteiger partial charge in [0.1, 0.15) is 18.5 Å². The number of ether oxygens (including phenoxy) is 4. The van der Waals surface area contributed by atoms with E-state index in [0.29, 0.717) is 28.5 Å². The quantitative estimate of drug-likeness (QED) is 0.501. The van der Waals surface area contributed by atoms with E-state index < -0.39 is 23.6 Å². The molecule has 0 aromatic heterocycles. The number of carbonyl (C=O) groups is 2. The molecular formula is C23H25NO8. The van der Waals surface area contributed by atoms with Crippen LogP contribution in [0.15, 0.2) is 54.6 Å². The lowest BCUT2D eigenvalue weighted by Gasteiger charge is -2.31. The van der Waals surface area contributed by atoms with E-state index in [-0.39, 0.29) is 20.0 Å². The second-order valence-electron chi connectivity index (χ2n) is 7.62. The number of nitrogens with one attached hydrogen (secondary N) is 1. The number of anilines is 1. The smallest absolute Gasteiger partial charge is 0.412 e. The molecule has 1 heterocycles. The van der Waals surface area contributed by atoms with Crippen molar-refractivity contribution in [3.05, 3.63) is 60.2 Å². The highest BCUT2D eigenvalue weighted by Gasteiger charge is 2.33. The molecule has 9 nitrogen and oxygen atoms in total. The predicted octanol–water partition coefficient (Wildman–Crippen LogP) is 3.74. The van der Waals surface area contributed by atoms with Crippen LogP contribution in [0.5, 0.6) is 17.2 Å². The average molecular weight is 443 g/mol. The molecule has 0 radical (unpaired) electrons. The third kappa shape index (κ3) is 5.92. The zero-order chi connectivity index (χ0) is 23.1. The molecule has 0 unspecified atom stereocenters. The molecule has 0 saturated heterocycles. The molecular weight excluding hydrogens is 418 g/mol. The molecule has 3 N–H and O–H groups in total. The number of hydrogen-bond donors (Lipinski definition) is 3. The summed E-state index contributed by atoms with van der Waals surface area (Å²) in [6, 6.07) is 11.8. The van der Waals surface area contributed by atoms with Crippen LogP contribution in [-0.4, -0.2) is 42.3 Å². The van der Waals surface area contributed by atoms with Gasteiger partial charge in [0, 0.05) is 23.2 Å². The Labute approximate surface area is 185 Å². The molecule has 1 atom stereocenters. The Morgan fingerprint density at radius 2 is 1.97 bits per heavy atom. The Morgan fingerprint density at radius 3 is 2.72 bits per heavy atom. The van der Waals surface area contributed by atoms with Gasteiger partial charge in [-0.2, -0.15) is 0 Å². The van der Waals surface area contributed by atoms with Crippen molar-refractivity contribution in [3.8, 4) is 17.2 Å². The molecule has 1 amide bonds. The van der Waals surface area contributed by atoms with E-state index >= 15 is 0 Å². The molecule has 0 bridgehead atoms. The second kappa shape index (κ2) is 10.1. The summed E-state index contributed by atoms with van der Waals surface area (Å²) in [7, 11) is 0. The standard InChI is InChI=1S/C23H25NO8/c1-23(2,9-8-20(26)27)21(15-4-3-5-17(12-15)29-11-10-25)32-22(28)24-16-6-7-18-19(13-16)31-14-30-18/h3-9,12-13,21,25H,10-11,14H2,1-2H3,(H,24,28)(H,26,27)/b9-8+/t21-/m1/s1. The van der Waals surface area contributed by atoms with Crippen LogP contribution in [0.3, 0.4) is 0 Å². The monoisotopic (exact) mass is 443 g/mol. The molecule has 0 saturated carbocycles. The Hall–Kier alpha value is -3.72. The van der Waals surface area contributed by atoms with Gasteiger partial charge in [-0.1, -0.05) is 32.1 Å². The van der Waals surface area contributed by atoms with Crippen molar-refractivity contribution in [2.75, 3.05) is 25.3 Å². The normalized spacial score (nSPS) is 13.6. The van der Waals surface area contributed by atoms with E-state index in [1.165, 1.54) is 6.08 Å². The number of carbonyl (C=O) groups excluding carboxylic acids is 1. The van der Waals surface area contributed by atoms with E-state index in [1.54, 1.807) is 56.3 Å². The zero-order valence-electron chi connectivity index (χ0n) is 17.7. The average Bonchev–Trinajstić information content (AvgIpc) is 3.23. The number of benzene rings is 2. The van der Waals surface area contributed by atoms with Gasteiger partial charge < -0.3 is 29.2 Å². The first-order valence-corrected chi connectivity index (χ1v) is 9.91. The molecule has 32 heavy (non-hydrogen) atoms. The molecule has 2 aromatic rings. The first-order chi connectivity index (χ1) is 15.3. The first-order valence-electron chi connectivity index (χ1n) is 9.91. The number of hydrogen-bond acceptors (Lipinski definition) is 7. The lowest BCUT2D eigenvalue weighted by molar-refractivity contribution is -0.131. The van der Waals surface area contributed by atoms with Gasteiger partial charge in [-0.05, 0) is 29.8 Å². The van der Waals surface area contributed by atoms with Crippen LogP contribution in [0.1, 0.15) is 25.5 Å². The van der Waals surface area contributed by atoms with Crippen LogP contribution in [0, 0.1) is 5.41 Å². The van der Waals surface area contributed by atoms with Crippen molar-refractivity contribution >= 4 is 17.7 Å². The van der Waals surface area contributed by atoms with Crippen LogP contribution in [0.2, 0.25) is 0 Å². The highest BCUT2D eigenvalue weighted by atomic mass is 16.7. The Morgan fingerprint density at radius 1 is 1.19 bits per heavy atom. The van der Waals surface area contributed by atoms with E-state index in [9.17, 15) is 9.59 Å². The number of carboxylic acid groups (broad SMARTS) is 1. The SMILES string of the molecule is CC(C)(/C=C/C(=O)O)[C@H](OC(=O)Nc1ccc2c(c1)OCO2)c1cccc(OCCO)c1. The Bertz CT molecular complexity index is 1000. The highest BCUT2D eigenvalue weighted by molar-refractivity contribution is 5.85. The van der Waals surface area contributed by atoms with Crippen LogP contribution in [-0.2, 0) is 9.53 Å². The largest absolute Gasteiger partial charge is 0.491 e. The fraction of sp³-hybridized carbons (Fsp3) is 0.304. The van der Waals surface area contributed by atoms with Crippen molar-refractivity contribution < 1.29 is 38.7 Å². The minimum atomic E-state index is -1.11. The van der Waals surface area contributed by atoms with Gasteiger partial charge >= 0.3 is 12.1 Å². The zero-order valence-corrected chi connectivity index (χ0v) is 17.7. The van der Waals surface area contributed by atoms with Crippen molar-refractivity contribution in [2.45, 2.75) is 20.0 Å². The lowest BCUT2D eigenvalue weighted by atomic mass is 9.82. The minimum Gasteiger partial charge on any atom is -0.491 e. The number of fused-ring (bicyclic) bond motifs is 1. The van der Waals surface area contributed by atoms with Crippen molar-refractivity contribution in [3.63, 3.8) is 0 Å². The van der Waals surface area contributed by atoms with Gasteiger partial charge in [0.2, 0.25) is 6.79 Å². The number of amides is 1. The predicted molar refractivity (Wildman–Crippen MR) is 115 cm³/mol. The maximum absolute atomic E-state index is 12.7. The number of aliphatic hydroxyl groups is 1. The first kappa shape index (κ1) is 23.0. The summed E-state index contributed by atoms with van der Waals surface area (Å²) in [6.07, 6.45) is 0.907. The van der Waals surface area contributed by atoms with Crippen LogP contribution in [0.25, 0.3) is 0 Å². The maximum Gasteiger partial charge on any atom is 0.412 e. The second-order valence-corrected chi connectivity index (χ2v) is 7.62. The molecule has 1 aliphatic heterocycles. The molecule has 0 aliphatic carbocycles. The fourth-order valence-electron chi connectivity index (χ4n) is 3.18.